The Morgan fingerprint density at radius 1 is 0.963 bits per heavy atom. The molecular weight excluding hydrogens is 345 g/mol. The second kappa shape index (κ2) is 7.94. The lowest BCUT2D eigenvalue weighted by atomic mass is 10.2. The summed E-state index contributed by atoms with van der Waals surface area (Å²) < 4.78 is 14.0. The third-order valence-electron chi connectivity index (χ3n) is 4.54. The number of para-hydroxylation sites is 1. The molecule has 0 unspecified atom stereocenters. The van der Waals surface area contributed by atoms with Gasteiger partial charge in [-0.3, -0.25) is 4.98 Å². The molecule has 0 radical (unpaired) electrons. The molecule has 4 rings (SSSR count). The molecule has 0 saturated carbocycles. The maximum absolute atomic E-state index is 14.0. The first-order valence-corrected chi connectivity index (χ1v) is 8.86. The standard InChI is InChI=1S/C19H20FN7/c20-16-3-1-2-4-17(16)26-9-11-27(12-10-26)18-14-23-25-19(24-18)22-13-15-5-7-21-8-6-15/h1-8,14H,9-13H2,(H,22,24,25). The van der Waals surface area contributed by atoms with Crippen molar-refractivity contribution in [2.75, 3.05) is 41.3 Å². The van der Waals surface area contributed by atoms with Crippen molar-refractivity contribution in [3.8, 4) is 0 Å². The van der Waals surface area contributed by atoms with Crippen molar-refractivity contribution < 1.29 is 4.39 Å². The van der Waals surface area contributed by atoms with E-state index in [0.29, 0.717) is 18.2 Å². The normalized spacial score (nSPS) is 14.3. The summed E-state index contributed by atoms with van der Waals surface area (Å²) in [4.78, 5) is 12.8. The van der Waals surface area contributed by atoms with E-state index in [1.807, 2.05) is 24.3 Å². The molecule has 0 spiro atoms. The summed E-state index contributed by atoms with van der Waals surface area (Å²) in [6, 6.07) is 10.8. The molecule has 3 heterocycles. The zero-order valence-electron chi connectivity index (χ0n) is 14.8. The number of hydrogen-bond acceptors (Lipinski definition) is 7. The number of nitrogens with zero attached hydrogens (tertiary/aromatic N) is 6. The van der Waals surface area contributed by atoms with Gasteiger partial charge >= 0.3 is 0 Å². The van der Waals surface area contributed by atoms with Gasteiger partial charge in [-0.25, -0.2) is 4.39 Å². The van der Waals surface area contributed by atoms with Crippen LogP contribution in [0.25, 0.3) is 0 Å². The minimum atomic E-state index is -0.183. The number of anilines is 3. The molecule has 3 aromatic rings. The Hall–Kier alpha value is -3.29. The van der Waals surface area contributed by atoms with E-state index < -0.39 is 0 Å². The molecule has 1 fully saturated rings. The van der Waals surface area contributed by atoms with Gasteiger partial charge in [0.25, 0.3) is 0 Å². The highest BCUT2D eigenvalue weighted by Crippen LogP contribution is 2.22. The lowest BCUT2D eigenvalue weighted by Gasteiger charge is -2.36. The Bertz CT molecular complexity index is 882. The first kappa shape index (κ1) is 17.1. The molecule has 8 heteroatoms. The molecule has 1 aromatic carbocycles. The zero-order valence-corrected chi connectivity index (χ0v) is 14.8. The maximum atomic E-state index is 14.0. The molecule has 27 heavy (non-hydrogen) atoms. The minimum Gasteiger partial charge on any atom is -0.366 e. The summed E-state index contributed by atoms with van der Waals surface area (Å²) in [5, 5.41) is 11.3. The van der Waals surface area contributed by atoms with Crippen molar-refractivity contribution in [2.45, 2.75) is 6.54 Å². The SMILES string of the molecule is Fc1ccccc1N1CCN(c2cnnc(NCc3ccncc3)n2)CC1. The average molecular weight is 365 g/mol. The number of halogens is 1. The van der Waals surface area contributed by atoms with Crippen LogP contribution >= 0.6 is 0 Å². The highest BCUT2D eigenvalue weighted by molar-refractivity contribution is 5.50. The van der Waals surface area contributed by atoms with Gasteiger partial charge < -0.3 is 15.1 Å². The summed E-state index contributed by atoms with van der Waals surface area (Å²) >= 11 is 0. The van der Waals surface area contributed by atoms with Crippen molar-refractivity contribution in [1.82, 2.24) is 20.2 Å². The van der Waals surface area contributed by atoms with E-state index in [1.165, 1.54) is 6.07 Å². The fraction of sp³-hybridized carbons (Fsp3) is 0.263. The van der Waals surface area contributed by atoms with Crippen LogP contribution in [0.1, 0.15) is 5.56 Å². The number of pyridine rings is 1. The second-order valence-corrected chi connectivity index (χ2v) is 6.27. The Kier molecular flexibility index (Phi) is 5.04. The van der Waals surface area contributed by atoms with Crippen LogP contribution in [0.15, 0.2) is 55.0 Å². The molecule has 0 bridgehead atoms. The predicted molar refractivity (Wildman–Crippen MR) is 102 cm³/mol. The van der Waals surface area contributed by atoms with Crippen molar-refractivity contribution in [1.29, 1.82) is 0 Å². The van der Waals surface area contributed by atoms with Crippen LogP contribution < -0.4 is 15.1 Å². The van der Waals surface area contributed by atoms with Crippen LogP contribution in [0.3, 0.4) is 0 Å². The van der Waals surface area contributed by atoms with E-state index in [4.69, 9.17) is 0 Å². The van der Waals surface area contributed by atoms with Crippen LogP contribution in [0, 0.1) is 5.82 Å². The monoisotopic (exact) mass is 365 g/mol. The van der Waals surface area contributed by atoms with Gasteiger partial charge in [-0.05, 0) is 29.8 Å². The molecule has 1 saturated heterocycles. The number of aromatic nitrogens is 4. The summed E-state index contributed by atoms with van der Waals surface area (Å²) in [6.45, 7) is 3.55. The first-order valence-electron chi connectivity index (χ1n) is 8.86. The second-order valence-electron chi connectivity index (χ2n) is 6.27. The minimum absolute atomic E-state index is 0.183. The largest absolute Gasteiger partial charge is 0.366 e. The van der Waals surface area contributed by atoms with E-state index in [-0.39, 0.29) is 5.82 Å². The summed E-state index contributed by atoms with van der Waals surface area (Å²) in [6.07, 6.45) is 5.17. The van der Waals surface area contributed by atoms with Crippen LogP contribution in [-0.2, 0) is 6.54 Å². The van der Waals surface area contributed by atoms with Gasteiger partial charge in [0.1, 0.15) is 5.82 Å². The van der Waals surface area contributed by atoms with Gasteiger partial charge in [0.2, 0.25) is 5.95 Å². The topological polar surface area (TPSA) is 70.1 Å². The molecule has 1 aliphatic heterocycles. The molecule has 2 aromatic heterocycles. The molecule has 138 valence electrons. The summed E-state index contributed by atoms with van der Waals surface area (Å²) in [5.74, 6) is 1.08. The quantitative estimate of drug-likeness (QED) is 0.744. The molecule has 1 aliphatic rings. The Morgan fingerprint density at radius 3 is 2.48 bits per heavy atom. The highest BCUT2D eigenvalue weighted by Gasteiger charge is 2.20. The fourth-order valence-electron chi connectivity index (χ4n) is 3.09. The number of piperazine rings is 1. The van der Waals surface area contributed by atoms with E-state index in [2.05, 4.69) is 35.3 Å². The number of benzene rings is 1. The van der Waals surface area contributed by atoms with Crippen LogP contribution in [0.5, 0.6) is 0 Å². The molecule has 0 amide bonds. The fourth-order valence-corrected chi connectivity index (χ4v) is 3.09. The number of hydrogen-bond donors (Lipinski definition) is 1. The van der Waals surface area contributed by atoms with E-state index in [9.17, 15) is 4.39 Å². The van der Waals surface area contributed by atoms with Gasteiger partial charge in [0.15, 0.2) is 5.82 Å². The van der Waals surface area contributed by atoms with Gasteiger partial charge in [-0.2, -0.15) is 10.1 Å². The van der Waals surface area contributed by atoms with E-state index in [1.54, 1.807) is 24.7 Å². The van der Waals surface area contributed by atoms with Gasteiger partial charge in [0.05, 0.1) is 11.9 Å². The predicted octanol–water partition coefficient (Wildman–Crippen LogP) is 2.34. The third-order valence-corrected chi connectivity index (χ3v) is 4.54. The van der Waals surface area contributed by atoms with E-state index >= 15 is 0 Å². The average Bonchev–Trinajstić information content (AvgIpc) is 2.74. The molecule has 1 N–H and O–H groups in total. The first-order chi connectivity index (χ1) is 13.3. The lowest BCUT2D eigenvalue weighted by Crippen LogP contribution is -2.47. The molecule has 0 atom stereocenters. The zero-order chi connectivity index (χ0) is 18.5. The third kappa shape index (κ3) is 4.11. The molecule has 7 nitrogen and oxygen atoms in total. The van der Waals surface area contributed by atoms with Crippen molar-refractivity contribution in [3.05, 3.63) is 66.4 Å². The van der Waals surface area contributed by atoms with Crippen molar-refractivity contribution in [2.24, 2.45) is 0 Å². The Balaban J connectivity index is 1.38. The van der Waals surface area contributed by atoms with Gasteiger partial charge in [0, 0.05) is 45.1 Å². The molecule has 0 aliphatic carbocycles. The lowest BCUT2D eigenvalue weighted by molar-refractivity contribution is 0.595. The van der Waals surface area contributed by atoms with Gasteiger partial charge in [-0.1, -0.05) is 12.1 Å². The van der Waals surface area contributed by atoms with Crippen LogP contribution in [0.2, 0.25) is 0 Å². The van der Waals surface area contributed by atoms with Crippen LogP contribution in [0.4, 0.5) is 21.8 Å². The maximum Gasteiger partial charge on any atom is 0.244 e. The molecular formula is C19H20FN7. The Labute approximate surface area is 156 Å². The van der Waals surface area contributed by atoms with Crippen molar-refractivity contribution in [3.63, 3.8) is 0 Å². The van der Waals surface area contributed by atoms with Gasteiger partial charge in [-0.15, -0.1) is 5.10 Å². The van der Waals surface area contributed by atoms with E-state index in [0.717, 1.165) is 37.6 Å². The van der Waals surface area contributed by atoms with Crippen LogP contribution in [-0.4, -0.2) is 46.3 Å². The Morgan fingerprint density at radius 2 is 1.70 bits per heavy atom. The summed E-state index contributed by atoms with van der Waals surface area (Å²) in [7, 11) is 0. The smallest absolute Gasteiger partial charge is 0.244 e. The number of rotatable bonds is 5. The summed E-state index contributed by atoms with van der Waals surface area (Å²) in [5.41, 5.74) is 1.75. The number of nitrogens with one attached hydrogen (secondary N) is 1. The highest BCUT2D eigenvalue weighted by atomic mass is 19.1. The van der Waals surface area contributed by atoms with Crippen molar-refractivity contribution >= 4 is 17.5 Å².